The van der Waals surface area contributed by atoms with Gasteiger partial charge in [0.2, 0.25) is 0 Å². The van der Waals surface area contributed by atoms with Crippen molar-refractivity contribution in [2.24, 2.45) is 11.1 Å². The Balaban J connectivity index is 4.78. The molecule has 2 nitrogen and oxygen atoms in total. The highest BCUT2D eigenvalue weighted by molar-refractivity contribution is 5.24. The van der Waals surface area contributed by atoms with Gasteiger partial charge in [-0.25, -0.2) is 0 Å². The standard InChI is InChI=1S/C10H18N2/c1-6-10(3,4)9(12-5)7-8(2)11/h6-7,12H,1-2,11H2,3-5H3/b9-7+. The molecule has 0 aliphatic rings. The Morgan fingerprint density at radius 2 is 2.00 bits per heavy atom. The van der Waals surface area contributed by atoms with Gasteiger partial charge in [-0.3, -0.25) is 0 Å². The van der Waals surface area contributed by atoms with Crippen molar-refractivity contribution in [3.8, 4) is 0 Å². The van der Waals surface area contributed by atoms with Crippen LogP contribution in [0.25, 0.3) is 0 Å². The van der Waals surface area contributed by atoms with Crippen molar-refractivity contribution in [2.75, 3.05) is 7.05 Å². The van der Waals surface area contributed by atoms with Crippen LogP contribution in [0.5, 0.6) is 0 Å². The molecule has 0 rings (SSSR count). The lowest BCUT2D eigenvalue weighted by molar-refractivity contribution is 0.541. The molecular weight excluding hydrogens is 148 g/mol. The Kier molecular flexibility index (Phi) is 3.61. The number of nitrogens with one attached hydrogen (secondary N) is 1. The molecule has 0 aromatic rings. The third kappa shape index (κ3) is 2.82. The SMILES string of the molecule is C=CC(C)(C)/C(=C\C(=C)N)NC. The maximum absolute atomic E-state index is 5.48. The molecule has 0 aliphatic heterocycles. The van der Waals surface area contributed by atoms with Gasteiger partial charge >= 0.3 is 0 Å². The van der Waals surface area contributed by atoms with E-state index in [2.05, 4.69) is 32.3 Å². The highest BCUT2D eigenvalue weighted by atomic mass is 14.9. The highest BCUT2D eigenvalue weighted by Gasteiger charge is 2.17. The van der Waals surface area contributed by atoms with E-state index in [-0.39, 0.29) is 5.41 Å². The number of nitrogens with two attached hydrogens (primary N) is 1. The van der Waals surface area contributed by atoms with Gasteiger partial charge in [-0.1, -0.05) is 26.5 Å². The molecule has 0 saturated heterocycles. The van der Waals surface area contributed by atoms with Crippen LogP contribution in [0.2, 0.25) is 0 Å². The summed E-state index contributed by atoms with van der Waals surface area (Å²) in [6, 6.07) is 0. The van der Waals surface area contributed by atoms with Crippen molar-refractivity contribution in [3.63, 3.8) is 0 Å². The second-order valence-electron chi connectivity index (χ2n) is 3.31. The van der Waals surface area contributed by atoms with Crippen LogP contribution in [-0.4, -0.2) is 7.05 Å². The molecule has 0 saturated carbocycles. The molecule has 0 spiro atoms. The molecular formula is C10H18N2. The van der Waals surface area contributed by atoms with E-state index in [0.29, 0.717) is 5.70 Å². The Labute approximate surface area is 74.8 Å². The summed E-state index contributed by atoms with van der Waals surface area (Å²) in [5, 5.41) is 3.07. The van der Waals surface area contributed by atoms with Gasteiger partial charge in [-0.15, -0.1) is 6.58 Å². The largest absolute Gasteiger partial charge is 0.399 e. The molecule has 0 fully saturated rings. The van der Waals surface area contributed by atoms with Crippen LogP contribution in [0.15, 0.2) is 36.7 Å². The monoisotopic (exact) mass is 166 g/mol. The third-order valence-electron chi connectivity index (χ3n) is 1.80. The van der Waals surface area contributed by atoms with Crippen LogP contribution in [0.1, 0.15) is 13.8 Å². The first-order chi connectivity index (χ1) is 5.44. The van der Waals surface area contributed by atoms with Crippen LogP contribution in [-0.2, 0) is 0 Å². The van der Waals surface area contributed by atoms with E-state index in [9.17, 15) is 0 Å². The average molecular weight is 166 g/mol. The number of rotatable bonds is 4. The molecule has 0 heterocycles. The first-order valence-electron chi connectivity index (χ1n) is 3.92. The lowest BCUT2D eigenvalue weighted by Gasteiger charge is -2.23. The van der Waals surface area contributed by atoms with Crippen LogP contribution in [0, 0.1) is 5.41 Å². The first-order valence-corrected chi connectivity index (χ1v) is 3.92. The molecule has 0 amide bonds. The minimum atomic E-state index is -0.0863. The lowest BCUT2D eigenvalue weighted by Crippen LogP contribution is -2.22. The van der Waals surface area contributed by atoms with Crippen molar-refractivity contribution in [1.82, 2.24) is 5.32 Å². The van der Waals surface area contributed by atoms with Crippen LogP contribution in [0.4, 0.5) is 0 Å². The van der Waals surface area contributed by atoms with Gasteiger partial charge in [0.1, 0.15) is 0 Å². The second kappa shape index (κ2) is 4.00. The van der Waals surface area contributed by atoms with Crippen molar-refractivity contribution >= 4 is 0 Å². The minimum absolute atomic E-state index is 0.0863. The highest BCUT2D eigenvalue weighted by Crippen LogP contribution is 2.25. The van der Waals surface area contributed by atoms with Crippen LogP contribution >= 0.6 is 0 Å². The summed E-state index contributed by atoms with van der Waals surface area (Å²) in [7, 11) is 1.86. The number of hydrogen-bond donors (Lipinski definition) is 2. The Hall–Kier alpha value is -1.18. The molecule has 2 heteroatoms. The third-order valence-corrected chi connectivity index (χ3v) is 1.80. The fourth-order valence-corrected chi connectivity index (χ4v) is 0.876. The van der Waals surface area contributed by atoms with E-state index in [0.717, 1.165) is 5.70 Å². The Bertz CT molecular complexity index is 212. The predicted molar refractivity (Wildman–Crippen MR) is 54.4 cm³/mol. The van der Waals surface area contributed by atoms with Gasteiger partial charge in [-0.2, -0.15) is 0 Å². The quantitative estimate of drug-likeness (QED) is 0.493. The van der Waals surface area contributed by atoms with Gasteiger partial charge in [0.25, 0.3) is 0 Å². The smallest absolute Gasteiger partial charge is 0.0258 e. The van der Waals surface area contributed by atoms with Gasteiger partial charge in [-0.05, 0) is 6.08 Å². The predicted octanol–water partition coefficient (Wildman–Crippen LogP) is 1.77. The van der Waals surface area contributed by atoms with Gasteiger partial charge in [0, 0.05) is 23.9 Å². The zero-order valence-corrected chi connectivity index (χ0v) is 8.15. The zero-order valence-electron chi connectivity index (χ0n) is 8.15. The summed E-state index contributed by atoms with van der Waals surface area (Å²) in [6.45, 7) is 11.5. The average Bonchev–Trinajstić information content (AvgIpc) is 1.99. The van der Waals surface area contributed by atoms with Crippen molar-refractivity contribution in [3.05, 3.63) is 36.7 Å². The number of allylic oxidation sites excluding steroid dienone is 2. The zero-order chi connectivity index (χ0) is 9.78. The van der Waals surface area contributed by atoms with Crippen molar-refractivity contribution < 1.29 is 0 Å². The topological polar surface area (TPSA) is 38.0 Å². The Morgan fingerprint density at radius 3 is 2.25 bits per heavy atom. The van der Waals surface area contributed by atoms with Crippen molar-refractivity contribution in [2.45, 2.75) is 13.8 Å². The molecule has 0 atom stereocenters. The second-order valence-corrected chi connectivity index (χ2v) is 3.31. The minimum Gasteiger partial charge on any atom is -0.399 e. The maximum Gasteiger partial charge on any atom is 0.0258 e. The lowest BCUT2D eigenvalue weighted by atomic mass is 9.89. The van der Waals surface area contributed by atoms with E-state index < -0.39 is 0 Å². The Morgan fingerprint density at radius 1 is 1.50 bits per heavy atom. The molecule has 12 heavy (non-hydrogen) atoms. The summed E-state index contributed by atoms with van der Waals surface area (Å²) in [5.74, 6) is 0. The summed E-state index contributed by atoms with van der Waals surface area (Å²) < 4.78 is 0. The molecule has 0 unspecified atom stereocenters. The van der Waals surface area contributed by atoms with E-state index in [1.165, 1.54) is 0 Å². The van der Waals surface area contributed by atoms with Crippen LogP contribution in [0.3, 0.4) is 0 Å². The summed E-state index contributed by atoms with van der Waals surface area (Å²) >= 11 is 0. The van der Waals surface area contributed by atoms with E-state index in [4.69, 9.17) is 5.73 Å². The van der Waals surface area contributed by atoms with Gasteiger partial charge in [0.15, 0.2) is 0 Å². The normalized spacial score (nSPS) is 12.4. The van der Waals surface area contributed by atoms with E-state index in [1.807, 2.05) is 19.2 Å². The molecule has 68 valence electrons. The van der Waals surface area contributed by atoms with E-state index in [1.54, 1.807) is 0 Å². The maximum atomic E-state index is 5.48. The first kappa shape index (κ1) is 10.8. The fraction of sp³-hybridized carbons (Fsp3) is 0.400. The molecule has 3 N–H and O–H groups in total. The van der Waals surface area contributed by atoms with E-state index >= 15 is 0 Å². The number of hydrogen-bond acceptors (Lipinski definition) is 2. The molecule has 0 aromatic heterocycles. The molecule has 0 aliphatic carbocycles. The van der Waals surface area contributed by atoms with Crippen LogP contribution < -0.4 is 11.1 Å². The summed E-state index contributed by atoms with van der Waals surface area (Å²) in [4.78, 5) is 0. The fourth-order valence-electron chi connectivity index (χ4n) is 0.876. The molecule has 0 aromatic carbocycles. The summed E-state index contributed by atoms with van der Waals surface area (Å²) in [5.41, 5.74) is 6.96. The van der Waals surface area contributed by atoms with Crippen molar-refractivity contribution in [1.29, 1.82) is 0 Å². The van der Waals surface area contributed by atoms with Gasteiger partial charge in [0.05, 0.1) is 0 Å². The molecule has 0 bridgehead atoms. The summed E-state index contributed by atoms with van der Waals surface area (Å²) in [6.07, 6.45) is 3.69. The molecule has 0 radical (unpaired) electrons. The van der Waals surface area contributed by atoms with Gasteiger partial charge < -0.3 is 11.1 Å².